The van der Waals surface area contributed by atoms with E-state index in [1.807, 2.05) is 7.05 Å². The van der Waals surface area contributed by atoms with Crippen molar-refractivity contribution in [3.05, 3.63) is 52.4 Å². The van der Waals surface area contributed by atoms with E-state index in [1.165, 1.54) is 24.0 Å². The minimum absolute atomic E-state index is 0. The van der Waals surface area contributed by atoms with Crippen LogP contribution in [-0.2, 0) is 19.4 Å². The van der Waals surface area contributed by atoms with Gasteiger partial charge in [0.1, 0.15) is 5.76 Å². The Morgan fingerprint density at radius 1 is 1.13 bits per heavy atom. The third-order valence-electron chi connectivity index (χ3n) is 5.77. The summed E-state index contributed by atoms with van der Waals surface area (Å²) in [5.41, 5.74) is 4.85. The van der Waals surface area contributed by atoms with Gasteiger partial charge in [0, 0.05) is 32.1 Å². The van der Waals surface area contributed by atoms with Gasteiger partial charge in [-0.25, -0.2) is 0 Å². The van der Waals surface area contributed by atoms with Gasteiger partial charge in [-0.1, -0.05) is 48.8 Å². The number of aryl methyl sites for hydroxylation is 3. The van der Waals surface area contributed by atoms with Gasteiger partial charge in [-0.05, 0) is 44.8 Å². The Morgan fingerprint density at radius 2 is 1.83 bits per heavy atom. The molecule has 1 saturated heterocycles. The number of halogens is 1. The van der Waals surface area contributed by atoms with Crippen LogP contribution in [0.5, 0.6) is 0 Å². The minimum atomic E-state index is 0. The monoisotopic (exact) mass is 525 g/mol. The zero-order valence-electron chi connectivity index (χ0n) is 18.7. The normalized spacial score (nSPS) is 15.7. The van der Waals surface area contributed by atoms with Crippen LogP contribution in [0.3, 0.4) is 0 Å². The van der Waals surface area contributed by atoms with Gasteiger partial charge in [0.2, 0.25) is 0 Å². The Balaban J connectivity index is 0.00000320. The number of hydrogen-bond donors (Lipinski definition) is 2. The average Bonchev–Trinajstić information content (AvgIpc) is 3.41. The quantitative estimate of drug-likeness (QED) is 0.307. The van der Waals surface area contributed by atoms with Crippen LogP contribution >= 0.6 is 24.0 Å². The number of benzene rings is 1. The van der Waals surface area contributed by atoms with Gasteiger partial charge in [-0.3, -0.25) is 9.89 Å². The highest BCUT2D eigenvalue weighted by Gasteiger charge is 2.23. The maximum absolute atomic E-state index is 5.48. The first kappa shape index (κ1) is 24.7. The predicted octanol–water partition coefficient (Wildman–Crippen LogP) is 4.23. The second-order valence-corrected chi connectivity index (χ2v) is 7.71. The van der Waals surface area contributed by atoms with Crippen LogP contribution < -0.4 is 10.6 Å². The topological polar surface area (TPSA) is 65.7 Å². The molecule has 0 amide bonds. The first-order valence-electron chi connectivity index (χ1n) is 10.9. The van der Waals surface area contributed by atoms with E-state index in [0.717, 1.165) is 55.5 Å². The van der Waals surface area contributed by atoms with Crippen LogP contribution in [0.25, 0.3) is 0 Å². The number of likely N-dealkylation sites (tertiary alicyclic amines) is 1. The highest BCUT2D eigenvalue weighted by Crippen LogP contribution is 2.25. The average molecular weight is 525 g/mol. The lowest BCUT2D eigenvalue weighted by atomic mass is 10.0. The van der Waals surface area contributed by atoms with Crippen molar-refractivity contribution in [1.29, 1.82) is 0 Å². The summed E-state index contributed by atoms with van der Waals surface area (Å²) < 4.78 is 5.48. The van der Waals surface area contributed by atoms with Gasteiger partial charge >= 0.3 is 0 Å². The van der Waals surface area contributed by atoms with Crippen molar-refractivity contribution < 1.29 is 4.52 Å². The first-order chi connectivity index (χ1) is 14.2. The summed E-state index contributed by atoms with van der Waals surface area (Å²) in [6, 6.07) is 9.28. The summed E-state index contributed by atoms with van der Waals surface area (Å²) in [5.74, 6) is 1.77. The van der Waals surface area contributed by atoms with Crippen LogP contribution in [0.15, 0.2) is 33.8 Å². The van der Waals surface area contributed by atoms with E-state index >= 15 is 0 Å². The predicted molar refractivity (Wildman–Crippen MR) is 134 cm³/mol. The molecule has 2 N–H and O–H groups in total. The van der Waals surface area contributed by atoms with Gasteiger partial charge in [-0.15, -0.1) is 24.0 Å². The number of rotatable bonds is 8. The molecular formula is C23H36IN5O. The highest BCUT2D eigenvalue weighted by atomic mass is 127. The summed E-state index contributed by atoms with van der Waals surface area (Å²) in [4.78, 5) is 7.01. The Labute approximate surface area is 197 Å². The molecule has 6 nitrogen and oxygen atoms in total. The van der Waals surface area contributed by atoms with Crippen molar-refractivity contribution in [3.63, 3.8) is 0 Å². The van der Waals surface area contributed by atoms with E-state index < -0.39 is 0 Å². The van der Waals surface area contributed by atoms with Crippen molar-refractivity contribution in [2.75, 3.05) is 26.7 Å². The lowest BCUT2D eigenvalue weighted by Gasteiger charge is -2.29. The van der Waals surface area contributed by atoms with Crippen LogP contribution in [0.1, 0.15) is 60.9 Å². The molecule has 1 fully saturated rings. The van der Waals surface area contributed by atoms with Gasteiger partial charge in [0.05, 0.1) is 11.7 Å². The van der Waals surface area contributed by atoms with Gasteiger partial charge in [-0.2, -0.15) is 0 Å². The number of aromatic nitrogens is 1. The van der Waals surface area contributed by atoms with E-state index in [1.54, 1.807) is 0 Å². The Morgan fingerprint density at radius 3 is 2.43 bits per heavy atom. The number of nitrogens with zero attached hydrogens (tertiary/aromatic N) is 3. The molecule has 0 saturated carbocycles. The number of guanidine groups is 1. The molecule has 0 radical (unpaired) electrons. The van der Waals surface area contributed by atoms with Crippen molar-refractivity contribution in [1.82, 2.24) is 20.7 Å². The molecule has 0 spiro atoms. The third kappa shape index (κ3) is 6.20. The van der Waals surface area contributed by atoms with E-state index in [9.17, 15) is 0 Å². The molecule has 7 heteroatoms. The standard InChI is InChI=1S/C23H35N5O.HI/c1-5-20-19(22(6-2)29-27-20)15-25-23(24-4)26-16-21(28-13-7-8-14-28)18-11-9-17(3)10-12-18;/h9-12,21H,5-8,13-16H2,1-4H3,(H2,24,25,26);1H. The second kappa shape index (κ2) is 12.3. The zero-order valence-corrected chi connectivity index (χ0v) is 21.0. The third-order valence-corrected chi connectivity index (χ3v) is 5.77. The Hall–Kier alpha value is -1.61. The van der Waals surface area contributed by atoms with E-state index in [4.69, 9.17) is 4.52 Å². The SMILES string of the molecule is CCc1noc(CC)c1CNC(=NC)NCC(c1ccc(C)cc1)N1CCCC1.I. The Bertz CT molecular complexity index is 775. The molecule has 2 aromatic rings. The lowest BCUT2D eigenvalue weighted by molar-refractivity contribution is 0.245. The van der Waals surface area contributed by atoms with Crippen molar-refractivity contribution in [2.24, 2.45) is 4.99 Å². The van der Waals surface area contributed by atoms with Gasteiger partial charge in [0.25, 0.3) is 0 Å². The van der Waals surface area contributed by atoms with Crippen molar-refractivity contribution in [3.8, 4) is 0 Å². The lowest BCUT2D eigenvalue weighted by Crippen LogP contribution is -2.42. The number of nitrogens with one attached hydrogen (secondary N) is 2. The highest BCUT2D eigenvalue weighted by molar-refractivity contribution is 14.0. The first-order valence-corrected chi connectivity index (χ1v) is 10.9. The van der Waals surface area contributed by atoms with Crippen molar-refractivity contribution >= 4 is 29.9 Å². The molecule has 166 valence electrons. The smallest absolute Gasteiger partial charge is 0.191 e. The fourth-order valence-corrected chi connectivity index (χ4v) is 4.02. The summed E-state index contributed by atoms with van der Waals surface area (Å²) in [6.45, 7) is 10.2. The summed E-state index contributed by atoms with van der Waals surface area (Å²) in [6.07, 6.45) is 4.28. The maximum Gasteiger partial charge on any atom is 0.191 e. The molecule has 1 unspecified atom stereocenters. The van der Waals surface area contributed by atoms with Crippen LogP contribution in [0.2, 0.25) is 0 Å². The van der Waals surface area contributed by atoms with E-state index in [2.05, 4.69) is 70.7 Å². The maximum atomic E-state index is 5.48. The van der Waals surface area contributed by atoms with Crippen LogP contribution in [0.4, 0.5) is 0 Å². The summed E-state index contributed by atoms with van der Waals surface area (Å²) in [5, 5.41) is 11.2. The molecule has 0 aliphatic carbocycles. The molecule has 30 heavy (non-hydrogen) atoms. The molecular weight excluding hydrogens is 489 g/mol. The Kier molecular flexibility index (Phi) is 10.1. The molecule has 1 aliphatic heterocycles. The number of aliphatic imine (C=N–C) groups is 1. The molecule has 1 aliphatic rings. The number of hydrogen-bond acceptors (Lipinski definition) is 4. The van der Waals surface area contributed by atoms with E-state index in [0.29, 0.717) is 12.6 Å². The van der Waals surface area contributed by atoms with Gasteiger partial charge < -0.3 is 15.2 Å². The van der Waals surface area contributed by atoms with Crippen LogP contribution in [0, 0.1) is 6.92 Å². The molecule has 0 bridgehead atoms. The largest absolute Gasteiger partial charge is 0.361 e. The molecule has 1 aromatic heterocycles. The van der Waals surface area contributed by atoms with Crippen LogP contribution in [-0.4, -0.2) is 42.7 Å². The van der Waals surface area contributed by atoms with Crippen molar-refractivity contribution in [2.45, 2.75) is 59.0 Å². The van der Waals surface area contributed by atoms with E-state index in [-0.39, 0.29) is 24.0 Å². The zero-order chi connectivity index (χ0) is 20.6. The minimum Gasteiger partial charge on any atom is -0.361 e. The molecule has 3 rings (SSSR count). The van der Waals surface area contributed by atoms with Gasteiger partial charge in [0.15, 0.2) is 5.96 Å². The molecule has 1 atom stereocenters. The second-order valence-electron chi connectivity index (χ2n) is 7.71. The molecule has 2 heterocycles. The fraction of sp³-hybridized carbons (Fsp3) is 0.565. The fourth-order valence-electron chi connectivity index (χ4n) is 4.02. The molecule has 1 aromatic carbocycles. The summed E-state index contributed by atoms with van der Waals surface area (Å²) >= 11 is 0. The summed E-state index contributed by atoms with van der Waals surface area (Å²) in [7, 11) is 1.82.